The molecule has 0 saturated carbocycles. The van der Waals surface area contributed by atoms with Gasteiger partial charge in [-0.15, -0.1) is 24.8 Å². The van der Waals surface area contributed by atoms with Crippen molar-refractivity contribution in [2.24, 2.45) is 5.73 Å². The molecule has 0 aliphatic carbocycles. The van der Waals surface area contributed by atoms with Gasteiger partial charge in [-0.05, 0) is 26.0 Å². The molecular weight excluding hydrogens is 337 g/mol. The number of nitrogens with two attached hydrogens (primary N) is 1. The molecule has 1 fully saturated rings. The normalized spacial score (nSPS) is 15.3. The average Bonchev–Trinajstić information content (AvgIpc) is 2.47. The van der Waals surface area contributed by atoms with Gasteiger partial charge in [0.15, 0.2) is 0 Å². The molecule has 23 heavy (non-hydrogen) atoms. The van der Waals surface area contributed by atoms with Gasteiger partial charge in [0.2, 0.25) is 5.91 Å². The van der Waals surface area contributed by atoms with Crippen LogP contribution >= 0.6 is 24.8 Å². The maximum atomic E-state index is 12.1. The van der Waals surface area contributed by atoms with Gasteiger partial charge in [0.05, 0.1) is 5.54 Å². The highest BCUT2D eigenvalue weighted by Crippen LogP contribution is 2.10. The summed E-state index contributed by atoms with van der Waals surface area (Å²) in [6.45, 7) is 8.30. The first-order chi connectivity index (χ1) is 9.97. The number of piperazine rings is 1. The Bertz CT molecular complexity index is 458. The summed E-state index contributed by atoms with van der Waals surface area (Å²) < 4.78 is 5.70. The van der Waals surface area contributed by atoms with E-state index in [2.05, 4.69) is 4.90 Å². The quantitative estimate of drug-likeness (QED) is 0.866. The maximum absolute atomic E-state index is 12.1. The van der Waals surface area contributed by atoms with Crippen LogP contribution in [0.1, 0.15) is 13.8 Å². The van der Waals surface area contributed by atoms with Gasteiger partial charge < -0.3 is 15.4 Å². The maximum Gasteiger partial charge on any atom is 0.242 e. The van der Waals surface area contributed by atoms with Crippen LogP contribution in [0, 0.1) is 0 Å². The first kappa shape index (κ1) is 22.0. The molecule has 1 aliphatic rings. The van der Waals surface area contributed by atoms with Crippen LogP contribution < -0.4 is 10.5 Å². The lowest BCUT2D eigenvalue weighted by Gasteiger charge is -2.37. The highest BCUT2D eigenvalue weighted by Gasteiger charge is 2.29. The summed E-state index contributed by atoms with van der Waals surface area (Å²) in [5, 5.41) is 0. The van der Waals surface area contributed by atoms with E-state index in [-0.39, 0.29) is 30.7 Å². The third-order valence-electron chi connectivity index (χ3n) is 3.63. The van der Waals surface area contributed by atoms with Crippen molar-refractivity contribution in [2.75, 3.05) is 39.3 Å². The zero-order valence-corrected chi connectivity index (χ0v) is 15.4. The minimum Gasteiger partial charge on any atom is -0.492 e. The van der Waals surface area contributed by atoms with Gasteiger partial charge in [0, 0.05) is 32.7 Å². The summed E-state index contributed by atoms with van der Waals surface area (Å²) in [7, 11) is 0. The molecule has 1 heterocycles. The molecule has 5 nitrogen and oxygen atoms in total. The van der Waals surface area contributed by atoms with Crippen LogP contribution in [0.2, 0.25) is 0 Å². The summed E-state index contributed by atoms with van der Waals surface area (Å²) in [6.07, 6.45) is 0. The van der Waals surface area contributed by atoms with Crippen LogP contribution in [0.15, 0.2) is 30.3 Å². The predicted octanol–water partition coefficient (Wildman–Crippen LogP) is 1.79. The van der Waals surface area contributed by atoms with E-state index in [9.17, 15) is 4.79 Å². The number of hydrogen-bond donors (Lipinski definition) is 1. The number of amides is 1. The summed E-state index contributed by atoms with van der Waals surface area (Å²) in [6, 6.07) is 9.82. The van der Waals surface area contributed by atoms with Gasteiger partial charge in [-0.1, -0.05) is 18.2 Å². The summed E-state index contributed by atoms with van der Waals surface area (Å²) in [5.41, 5.74) is 5.09. The van der Waals surface area contributed by atoms with Crippen LogP contribution in [-0.2, 0) is 4.79 Å². The molecule has 1 amide bonds. The highest BCUT2D eigenvalue weighted by atomic mass is 35.5. The fraction of sp³-hybridized carbons (Fsp3) is 0.562. The topological polar surface area (TPSA) is 58.8 Å². The second-order valence-corrected chi connectivity index (χ2v) is 6.02. The number of carbonyl (C=O) groups excluding carboxylic acids is 1. The average molecular weight is 364 g/mol. The number of halogens is 2. The number of rotatable bonds is 5. The molecule has 0 atom stereocenters. The Morgan fingerprint density at radius 2 is 1.70 bits per heavy atom. The molecule has 1 saturated heterocycles. The number of ether oxygens (including phenoxy) is 1. The van der Waals surface area contributed by atoms with Crippen molar-refractivity contribution in [1.82, 2.24) is 9.80 Å². The number of hydrogen-bond acceptors (Lipinski definition) is 4. The van der Waals surface area contributed by atoms with Crippen LogP contribution in [0.3, 0.4) is 0 Å². The standard InChI is InChI=1S/C16H25N3O2.2ClH/c1-16(2,17)15(20)19-10-8-18(9-11-19)12-13-21-14-6-4-3-5-7-14;;/h3-7H,8-13,17H2,1-2H3;2*1H. The Hall–Kier alpha value is -1.01. The molecular formula is C16H27Cl2N3O2. The second kappa shape index (κ2) is 9.98. The Balaban J connectivity index is 0.00000242. The van der Waals surface area contributed by atoms with Crippen molar-refractivity contribution in [2.45, 2.75) is 19.4 Å². The Morgan fingerprint density at radius 3 is 2.22 bits per heavy atom. The fourth-order valence-electron chi connectivity index (χ4n) is 2.39. The molecule has 1 aromatic carbocycles. The SMILES string of the molecule is CC(C)(N)C(=O)N1CCN(CCOc2ccccc2)CC1.Cl.Cl. The fourth-order valence-corrected chi connectivity index (χ4v) is 2.39. The Labute approximate surface area is 151 Å². The van der Waals surface area contributed by atoms with E-state index in [0.717, 1.165) is 38.5 Å². The number of para-hydroxylation sites is 1. The zero-order valence-electron chi connectivity index (χ0n) is 13.7. The Kier molecular flexibility index (Phi) is 9.54. The molecule has 1 aromatic rings. The van der Waals surface area contributed by atoms with Crippen LogP contribution in [0.25, 0.3) is 0 Å². The van der Waals surface area contributed by atoms with Gasteiger partial charge in [-0.3, -0.25) is 9.69 Å². The van der Waals surface area contributed by atoms with Crippen LogP contribution in [0.5, 0.6) is 5.75 Å². The molecule has 7 heteroatoms. The van der Waals surface area contributed by atoms with E-state index in [4.69, 9.17) is 10.5 Å². The summed E-state index contributed by atoms with van der Waals surface area (Å²) >= 11 is 0. The first-order valence-corrected chi connectivity index (χ1v) is 7.45. The lowest BCUT2D eigenvalue weighted by molar-refractivity contribution is -0.137. The van der Waals surface area contributed by atoms with Crippen LogP contribution in [0.4, 0.5) is 0 Å². The lowest BCUT2D eigenvalue weighted by atomic mass is 10.0. The molecule has 2 N–H and O–H groups in total. The van der Waals surface area contributed by atoms with Gasteiger partial charge in [0.25, 0.3) is 0 Å². The van der Waals surface area contributed by atoms with E-state index in [1.165, 1.54) is 0 Å². The molecule has 132 valence electrons. The Morgan fingerprint density at radius 1 is 1.13 bits per heavy atom. The summed E-state index contributed by atoms with van der Waals surface area (Å²) in [4.78, 5) is 16.3. The van der Waals surface area contributed by atoms with Crippen molar-refractivity contribution in [3.8, 4) is 5.75 Å². The lowest BCUT2D eigenvalue weighted by Crippen LogP contribution is -2.57. The molecule has 0 aromatic heterocycles. The second-order valence-electron chi connectivity index (χ2n) is 6.02. The predicted molar refractivity (Wildman–Crippen MR) is 97.7 cm³/mol. The highest BCUT2D eigenvalue weighted by molar-refractivity contribution is 5.86. The molecule has 1 aliphatic heterocycles. The van der Waals surface area contributed by atoms with Crippen molar-refractivity contribution >= 4 is 30.7 Å². The van der Waals surface area contributed by atoms with E-state index in [1.54, 1.807) is 13.8 Å². The van der Waals surface area contributed by atoms with E-state index < -0.39 is 5.54 Å². The van der Waals surface area contributed by atoms with Crippen molar-refractivity contribution in [1.29, 1.82) is 0 Å². The third kappa shape index (κ3) is 6.96. The summed E-state index contributed by atoms with van der Waals surface area (Å²) in [5.74, 6) is 0.930. The van der Waals surface area contributed by atoms with Crippen LogP contribution in [-0.4, -0.2) is 60.6 Å². The molecule has 2 rings (SSSR count). The van der Waals surface area contributed by atoms with Crippen molar-refractivity contribution < 1.29 is 9.53 Å². The number of carbonyl (C=O) groups is 1. The van der Waals surface area contributed by atoms with E-state index >= 15 is 0 Å². The van der Waals surface area contributed by atoms with Gasteiger partial charge in [0.1, 0.15) is 12.4 Å². The van der Waals surface area contributed by atoms with E-state index in [0.29, 0.717) is 6.61 Å². The molecule has 0 bridgehead atoms. The van der Waals surface area contributed by atoms with Gasteiger partial charge in [-0.25, -0.2) is 0 Å². The van der Waals surface area contributed by atoms with Gasteiger partial charge >= 0.3 is 0 Å². The van der Waals surface area contributed by atoms with Gasteiger partial charge in [-0.2, -0.15) is 0 Å². The molecule has 0 radical (unpaired) electrons. The monoisotopic (exact) mass is 363 g/mol. The number of benzene rings is 1. The number of nitrogens with zero attached hydrogens (tertiary/aromatic N) is 2. The minimum absolute atomic E-state index is 0. The largest absolute Gasteiger partial charge is 0.492 e. The molecule has 0 spiro atoms. The molecule has 0 unspecified atom stereocenters. The van der Waals surface area contributed by atoms with Crippen molar-refractivity contribution in [3.05, 3.63) is 30.3 Å². The smallest absolute Gasteiger partial charge is 0.242 e. The van der Waals surface area contributed by atoms with Crippen molar-refractivity contribution in [3.63, 3.8) is 0 Å². The third-order valence-corrected chi connectivity index (χ3v) is 3.63. The first-order valence-electron chi connectivity index (χ1n) is 7.45. The minimum atomic E-state index is -0.779. The zero-order chi connectivity index (χ0) is 15.3. The van der Waals surface area contributed by atoms with E-state index in [1.807, 2.05) is 35.2 Å².